The summed E-state index contributed by atoms with van der Waals surface area (Å²) < 4.78 is 2.68. The Morgan fingerprint density at radius 1 is 1.38 bits per heavy atom. The van der Waals surface area contributed by atoms with Crippen LogP contribution in [0.4, 0.5) is 11.6 Å². The molecule has 1 aliphatic rings. The standard InChI is InChI=1S/C16H18BrN7/c17-13-10-21-24-15(20-8-11-2-1-4-18-7-11)6-14(23-16(13)24)22-12-3-5-19-9-12/h1-2,4,6-7,10,12,19-20H,3,5,8-9H2,(H,22,23)/t12-/m1/s1. The van der Waals surface area contributed by atoms with Gasteiger partial charge in [-0.2, -0.15) is 9.61 Å². The van der Waals surface area contributed by atoms with Gasteiger partial charge in [0, 0.05) is 37.6 Å². The second kappa shape index (κ2) is 6.74. The molecule has 1 aliphatic heterocycles. The Kier molecular flexibility index (Phi) is 4.31. The van der Waals surface area contributed by atoms with Crippen LogP contribution >= 0.6 is 15.9 Å². The van der Waals surface area contributed by atoms with Gasteiger partial charge >= 0.3 is 0 Å². The first-order chi connectivity index (χ1) is 11.8. The van der Waals surface area contributed by atoms with Crippen LogP contribution in [0.15, 0.2) is 41.3 Å². The van der Waals surface area contributed by atoms with Crippen molar-refractivity contribution in [3.8, 4) is 0 Å². The Morgan fingerprint density at radius 3 is 3.12 bits per heavy atom. The van der Waals surface area contributed by atoms with Crippen LogP contribution in [0.5, 0.6) is 0 Å². The molecule has 0 saturated carbocycles. The Balaban J connectivity index is 1.62. The van der Waals surface area contributed by atoms with E-state index in [1.807, 2.05) is 24.4 Å². The Morgan fingerprint density at radius 2 is 2.33 bits per heavy atom. The molecule has 0 radical (unpaired) electrons. The number of hydrogen-bond donors (Lipinski definition) is 3. The first-order valence-corrected chi connectivity index (χ1v) is 8.73. The van der Waals surface area contributed by atoms with Gasteiger partial charge in [-0.15, -0.1) is 0 Å². The summed E-state index contributed by atoms with van der Waals surface area (Å²) in [5, 5.41) is 14.7. The van der Waals surface area contributed by atoms with E-state index in [2.05, 4.69) is 46.9 Å². The maximum Gasteiger partial charge on any atom is 0.173 e. The number of halogens is 1. The molecule has 0 aromatic carbocycles. The maximum atomic E-state index is 4.68. The van der Waals surface area contributed by atoms with Gasteiger partial charge < -0.3 is 16.0 Å². The summed E-state index contributed by atoms with van der Waals surface area (Å²) in [6.07, 6.45) is 6.49. The third kappa shape index (κ3) is 3.20. The van der Waals surface area contributed by atoms with Gasteiger partial charge in [0.2, 0.25) is 0 Å². The number of nitrogens with zero attached hydrogens (tertiary/aromatic N) is 4. The second-order valence-electron chi connectivity index (χ2n) is 5.80. The lowest BCUT2D eigenvalue weighted by Gasteiger charge is -2.15. The van der Waals surface area contributed by atoms with Gasteiger partial charge in [-0.25, -0.2) is 4.98 Å². The van der Waals surface area contributed by atoms with Gasteiger partial charge in [0.15, 0.2) is 5.65 Å². The molecule has 0 spiro atoms. The molecule has 3 aromatic rings. The van der Waals surface area contributed by atoms with E-state index in [9.17, 15) is 0 Å². The molecule has 0 bridgehead atoms. The number of pyridine rings is 1. The van der Waals surface area contributed by atoms with E-state index in [1.54, 1.807) is 16.9 Å². The molecule has 0 unspecified atom stereocenters. The lowest BCUT2D eigenvalue weighted by atomic mass is 10.2. The predicted octanol–water partition coefficient (Wildman–Crippen LogP) is 2.27. The van der Waals surface area contributed by atoms with Crippen molar-refractivity contribution in [3.63, 3.8) is 0 Å². The Hall–Kier alpha value is -2.19. The molecule has 7 nitrogen and oxygen atoms in total. The van der Waals surface area contributed by atoms with Crippen LogP contribution in [0, 0.1) is 0 Å². The molecule has 1 saturated heterocycles. The molecule has 0 aliphatic carbocycles. The lowest BCUT2D eigenvalue weighted by Crippen LogP contribution is -2.23. The molecule has 4 heterocycles. The van der Waals surface area contributed by atoms with Crippen molar-refractivity contribution in [1.82, 2.24) is 24.9 Å². The molecule has 1 fully saturated rings. The summed E-state index contributed by atoms with van der Waals surface area (Å²) in [6, 6.07) is 6.39. The lowest BCUT2D eigenvalue weighted by molar-refractivity contribution is 0.786. The van der Waals surface area contributed by atoms with Crippen LogP contribution in [-0.4, -0.2) is 38.7 Å². The fourth-order valence-corrected chi connectivity index (χ4v) is 3.17. The van der Waals surface area contributed by atoms with Crippen molar-refractivity contribution in [2.75, 3.05) is 23.7 Å². The first kappa shape index (κ1) is 15.3. The highest BCUT2D eigenvalue weighted by Crippen LogP contribution is 2.23. The summed E-state index contributed by atoms with van der Waals surface area (Å²) in [5.41, 5.74) is 1.91. The van der Waals surface area contributed by atoms with Crippen LogP contribution in [0.2, 0.25) is 0 Å². The van der Waals surface area contributed by atoms with Gasteiger partial charge in [0.05, 0.1) is 10.7 Å². The third-order valence-electron chi connectivity index (χ3n) is 4.04. The van der Waals surface area contributed by atoms with E-state index in [-0.39, 0.29) is 0 Å². The van der Waals surface area contributed by atoms with Crippen LogP contribution in [0.25, 0.3) is 5.65 Å². The van der Waals surface area contributed by atoms with Crippen molar-refractivity contribution in [2.45, 2.75) is 19.0 Å². The summed E-state index contributed by atoms with van der Waals surface area (Å²) in [5.74, 6) is 1.74. The van der Waals surface area contributed by atoms with Gasteiger partial charge in [0.25, 0.3) is 0 Å². The zero-order valence-electron chi connectivity index (χ0n) is 13.0. The third-order valence-corrected chi connectivity index (χ3v) is 4.60. The highest BCUT2D eigenvalue weighted by molar-refractivity contribution is 9.10. The van der Waals surface area contributed by atoms with Crippen molar-refractivity contribution in [1.29, 1.82) is 0 Å². The number of fused-ring (bicyclic) bond motifs is 1. The zero-order valence-corrected chi connectivity index (χ0v) is 14.6. The van der Waals surface area contributed by atoms with Crippen molar-refractivity contribution >= 4 is 33.2 Å². The van der Waals surface area contributed by atoms with Gasteiger partial charge in [0.1, 0.15) is 11.6 Å². The minimum atomic E-state index is 0.410. The fourth-order valence-electron chi connectivity index (χ4n) is 2.82. The summed E-state index contributed by atoms with van der Waals surface area (Å²) in [4.78, 5) is 8.82. The normalized spacial score (nSPS) is 17.3. The van der Waals surface area contributed by atoms with Crippen LogP contribution in [0.3, 0.4) is 0 Å². The number of hydrogen-bond acceptors (Lipinski definition) is 6. The van der Waals surface area contributed by atoms with Gasteiger partial charge in [-0.05, 0) is 40.5 Å². The van der Waals surface area contributed by atoms with Gasteiger partial charge in [-0.3, -0.25) is 4.98 Å². The molecule has 1 atom stereocenters. The minimum absolute atomic E-state index is 0.410. The van der Waals surface area contributed by atoms with E-state index < -0.39 is 0 Å². The maximum absolute atomic E-state index is 4.68. The van der Waals surface area contributed by atoms with Crippen LogP contribution in [-0.2, 0) is 6.54 Å². The highest BCUT2D eigenvalue weighted by atomic mass is 79.9. The van der Waals surface area contributed by atoms with Crippen molar-refractivity contribution < 1.29 is 0 Å². The van der Waals surface area contributed by atoms with Crippen LogP contribution < -0.4 is 16.0 Å². The molecule has 4 rings (SSSR count). The molecular formula is C16H18BrN7. The molecule has 0 amide bonds. The monoisotopic (exact) mass is 387 g/mol. The highest BCUT2D eigenvalue weighted by Gasteiger charge is 2.16. The zero-order chi connectivity index (χ0) is 16.4. The molecular weight excluding hydrogens is 370 g/mol. The van der Waals surface area contributed by atoms with Crippen molar-refractivity contribution in [2.24, 2.45) is 0 Å². The molecule has 24 heavy (non-hydrogen) atoms. The molecule has 3 N–H and O–H groups in total. The smallest absolute Gasteiger partial charge is 0.173 e. The average molecular weight is 388 g/mol. The van der Waals surface area contributed by atoms with E-state index in [1.165, 1.54) is 0 Å². The average Bonchev–Trinajstić information content (AvgIpc) is 3.24. The Bertz CT molecular complexity index is 827. The Labute approximate surface area is 148 Å². The quantitative estimate of drug-likeness (QED) is 0.623. The number of aromatic nitrogens is 4. The van der Waals surface area contributed by atoms with Gasteiger partial charge in [-0.1, -0.05) is 6.07 Å². The number of anilines is 2. The molecule has 3 aromatic heterocycles. The van der Waals surface area contributed by atoms with E-state index in [0.29, 0.717) is 12.6 Å². The predicted molar refractivity (Wildman–Crippen MR) is 97.1 cm³/mol. The summed E-state index contributed by atoms with van der Waals surface area (Å²) in [7, 11) is 0. The largest absolute Gasteiger partial charge is 0.366 e. The summed E-state index contributed by atoms with van der Waals surface area (Å²) in [6.45, 7) is 2.68. The summed E-state index contributed by atoms with van der Waals surface area (Å²) >= 11 is 3.52. The van der Waals surface area contributed by atoms with E-state index in [4.69, 9.17) is 0 Å². The number of rotatable bonds is 5. The van der Waals surface area contributed by atoms with Crippen molar-refractivity contribution in [3.05, 3.63) is 46.8 Å². The molecule has 8 heteroatoms. The first-order valence-electron chi connectivity index (χ1n) is 7.94. The van der Waals surface area contributed by atoms with Crippen LogP contribution in [0.1, 0.15) is 12.0 Å². The minimum Gasteiger partial charge on any atom is -0.366 e. The SMILES string of the molecule is Brc1cnn2c(NCc3cccnc3)cc(N[C@@H]3CCNC3)nc12. The molecule has 124 valence electrons. The topological polar surface area (TPSA) is 79.2 Å². The fraction of sp³-hybridized carbons (Fsp3) is 0.312. The second-order valence-corrected chi connectivity index (χ2v) is 6.66. The van der Waals surface area contributed by atoms with E-state index >= 15 is 0 Å². The van der Waals surface area contributed by atoms with E-state index in [0.717, 1.165) is 46.8 Å². The number of nitrogens with one attached hydrogen (secondary N) is 3.